The topological polar surface area (TPSA) is 0 Å². The second kappa shape index (κ2) is 35.4. The summed E-state index contributed by atoms with van der Waals surface area (Å²) in [4.78, 5) is 0. The fraction of sp³-hybridized carbons (Fsp3) is 0.607. The van der Waals surface area contributed by atoms with Crippen LogP contribution in [-0.4, -0.2) is 0 Å². The average Bonchev–Trinajstić information content (AvgIpc) is 3.86. The third-order valence-corrected chi connectivity index (χ3v) is 12.8. The van der Waals surface area contributed by atoms with E-state index in [1.807, 2.05) is 18.2 Å². The Kier molecular flexibility index (Phi) is 32.4. The Balaban J connectivity index is 0.000000345. The summed E-state index contributed by atoms with van der Waals surface area (Å²) in [6.07, 6.45) is 26.7. The maximum absolute atomic E-state index is 2.37. The van der Waals surface area contributed by atoms with E-state index in [1.165, 1.54) is 155 Å². The molecule has 5 fully saturated rings. The first-order valence-corrected chi connectivity index (χ1v) is 25.2. The van der Waals surface area contributed by atoms with Crippen molar-refractivity contribution in [1.29, 1.82) is 0 Å². The van der Waals surface area contributed by atoms with Gasteiger partial charge >= 0.3 is 0 Å². The Hall–Kier alpha value is -3.12. The van der Waals surface area contributed by atoms with Gasteiger partial charge in [-0.3, -0.25) is 0 Å². The standard InChI is InChI=1S/C8H10.C8H16.2C8H10.C7H14.C7H8.C6H12.C5H10.C4H8/c1-7-3-5-8(2)6-4-7;2*1-7-4-3-5-8(2)6-7;1-7-5-3-4-6-8(7)2;2*1-7-5-3-2-4-6-7;1-6-4-2-3-5-6;1-5-3-2-4-5;1-4-2-3-4/h3-6H,1-2H3;7-8H,3-6H2,1-2H3;2*3-6H,1-2H3;7H,2-6H2,1H3;2-6H,1H3;6H,2-5H2,1H3;5H,2-4H2,1H3;4H,2-3H2,1H3. The van der Waals surface area contributed by atoms with Crippen molar-refractivity contribution in [2.45, 2.75) is 206 Å². The minimum absolute atomic E-state index is 1.01. The Labute approximate surface area is 381 Å². The summed E-state index contributed by atoms with van der Waals surface area (Å²) in [6.45, 7) is 28.8. The van der Waals surface area contributed by atoms with E-state index in [0.717, 1.165) is 35.5 Å². The van der Waals surface area contributed by atoms with Crippen molar-refractivity contribution in [2.24, 2.45) is 35.5 Å². The molecule has 0 heterocycles. The van der Waals surface area contributed by atoms with Gasteiger partial charge in [-0.2, -0.15) is 0 Å². The van der Waals surface area contributed by atoms with Crippen molar-refractivity contribution in [1.82, 2.24) is 0 Å². The van der Waals surface area contributed by atoms with E-state index in [2.05, 4.69) is 175 Å². The Morgan fingerprint density at radius 3 is 0.754 bits per heavy atom. The predicted octanol–water partition coefficient (Wildman–Crippen LogP) is 19.7. The normalized spacial score (nSPS) is 19.1. The van der Waals surface area contributed by atoms with E-state index in [-0.39, 0.29) is 0 Å². The maximum atomic E-state index is 2.37. The van der Waals surface area contributed by atoms with Crippen molar-refractivity contribution < 1.29 is 0 Å². The minimum atomic E-state index is 1.01. The summed E-state index contributed by atoms with van der Waals surface area (Å²) >= 11 is 0. The van der Waals surface area contributed by atoms with Crippen LogP contribution in [0.5, 0.6) is 0 Å². The van der Waals surface area contributed by atoms with E-state index in [4.69, 9.17) is 0 Å². The number of hydrogen-bond acceptors (Lipinski definition) is 0. The highest BCUT2D eigenvalue weighted by Crippen LogP contribution is 2.28. The number of aryl methyl sites for hydroxylation is 7. The molecule has 0 bridgehead atoms. The van der Waals surface area contributed by atoms with Crippen LogP contribution in [0.4, 0.5) is 0 Å². The van der Waals surface area contributed by atoms with Gasteiger partial charge in [0.1, 0.15) is 0 Å². The summed E-state index contributed by atoms with van der Waals surface area (Å²) in [6, 6.07) is 35.5. The van der Waals surface area contributed by atoms with Crippen LogP contribution in [0.2, 0.25) is 0 Å². The Bertz CT molecular complexity index is 1480. The summed E-state index contributed by atoms with van der Waals surface area (Å²) in [5, 5.41) is 0. The second-order valence-electron chi connectivity index (χ2n) is 20.3. The van der Waals surface area contributed by atoms with Crippen molar-refractivity contribution in [3.63, 3.8) is 0 Å². The SMILES string of the molecule is CC1CC1.CC1CCC1.CC1CCCC(C)C1.CC1CCCC1.CC1CCCCC1.Cc1ccc(C)cc1.Cc1cccc(C)c1.Cc1ccccc1.Cc1ccccc1C. The first-order valence-electron chi connectivity index (χ1n) is 25.2. The Morgan fingerprint density at radius 1 is 0.262 bits per heavy atom. The highest BCUT2D eigenvalue weighted by molar-refractivity contribution is 5.23. The quantitative estimate of drug-likeness (QED) is 0.166. The van der Waals surface area contributed by atoms with Crippen LogP contribution in [0.3, 0.4) is 0 Å². The van der Waals surface area contributed by atoms with Crippen LogP contribution < -0.4 is 0 Å². The number of rotatable bonds is 0. The molecule has 5 saturated carbocycles. The molecule has 61 heavy (non-hydrogen) atoms. The fourth-order valence-electron chi connectivity index (χ4n) is 7.59. The summed E-state index contributed by atoms with van der Waals surface area (Å²) in [5.74, 6) is 6.26. The summed E-state index contributed by atoms with van der Waals surface area (Å²) < 4.78 is 0. The smallest absolute Gasteiger partial charge is 0.0395 e. The van der Waals surface area contributed by atoms with Gasteiger partial charge in [0, 0.05) is 0 Å². The molecule has 0 spiro atoms. The highest BCUT2D eigenvalue weighted by atomic mass is 14.2. The summed E-state index contributed by atoms with van der Waals surface area (Å²) in [5.41, 5.74) is 9.39. The molecule has 5 aliphatic rings. The lowest BCUT2D eigenvalue weighted by atomic mass is 9.84. The molecular formula is C61H98. The van der Waals surface area contributed by atoms with Crippen molar-refractivity contribution in [3.05, 3.63) is 142 Å². The van der Waals surface area contributed by atoms with Gasteiger partial charge in [0.2, 0.25) is 0 Å². The van der Waals surface area contributed by atoms with Crippen LogP contribution in [0.25, 0.3) is 0 Å². The van der Waals surface area contributed by atoms with Gasteiger partial charge in [-0.05, 0) is 102 Å². The molecule has 342 valence electrons. The number of benzene rings is 4. The molecule has 0 nitrogen and oxygen atoms in total. The summed E-state index contributed by atoms with van der Waals surface area (Å²) in [7, 11) is 0. The molecule has 0 heteroatoms. The lowest BCUT2D eigenvalue weighted by molar-refractivity contribution is 0.301. The lowest BCUT2D eigenvalue weighted by Crippen LogP contribution is -2.09. The van der Waals surface area contributed by atoms with Crippen molar-refractivity contribution >= 4 is 0 Å². The molecule has 2 atom stereocenters. The van der Waals surface area contributed by atoms with Crippen molar-refractivity contribution in [2.75, 3.05) is 0 Å². The zero-order valence-corrected chi connectivity index (χ0v) is 42.5. The average molecular weight is 831 g/mol. The van der Waals surface area contributed by atoms with E-state index >= 15 is 0 Å². The molecule has 9 rings (SSSR count). The van der Waals surface area contributed by atoms with E-state index in [0.29, 0.717) is 0 Å². The first kappa shape index (κ1) is 55.9. The van der Waals surface area contributed by atoms with Crippen LogP contribution in [0, 0.1) is 84.0 Å². The molecule has 0 radical (unpaired) electrons. The van der Waals surface area contributed by atoms with Crippen LogP contribution in [-0.2, 0) is 0 Å². The van der Waals surface area contributed by atoms with Crippen molar-refractivity contribution in [3.8, 4) is 0 Å². The minimum Gasteiger partial charge on any atom is -0.0625 e. The lowest BCUT2D eigenvalue weighted by Gasteiger charge is -2.22. The van der Waals surface area contributed by atoms with Gasteiger partial charge < -0.3 is 0 Å². The third-order valence-electron chi connectivity index (χ3n) is 12.8. The molecule has 0 aromatic heterocycles. The van der Waals surface area contributed by atoms with Gasteiger partial charge in [0.05, 0.1) is 0 Å². The highest BCUT2D eigenvalue weighted by Gasteiger charge is 2.14. The van der Waals surface area contributed by atoms with Crippen LogP contribution in [0.1, 0.15) is 196 Å². The zero-order valence-electron chi connectivity index (χ0n) is 42.5. The zero-order chi connectivity index (χ0) is 45.3. The second-order valence-corrected chi connectivity index (χ2v) is 20.3. The van der Waals surface area contributed by atoms with Gasteiger partial charge in [0.15, 0.2) is 0 Å². The van der Waals surface area contributed by atoms with Gasteiger partial charge in [-0.15, -0.1) is 0 Å². The van der Waals surface area contributed by atoms with Gasteiger partial charge in [-0.1, -0.05) is 282 Å². The molecule has 0 aliphatic heterocycles. The Morgan fingerprint density at radius 2 is 0.557 bits per heavy atom. The van der Waals surface area contributed by atoms with E-state index < -0.39 is 0 Å². The van der Waals surface area contributed by atoms with Crippen LogP contribution >= 0.6 is 0 Å². The largest absolute Gasteiger partial charge is 0.0625 e. The molecule has 4 aromatic rings. The molecular weight excluding hydrogens is 733 g/mol. The third kappa shape index (κ3) is 35.1. The van der Waals surface area contributed by atoms with Gasteiger partial charge in [-0.25, -0.2) is 0 Å². The molecule has 0 amide bonds. The van der Waals surface area contributed by atoms with Gasteiger partial charge in [0.25, 0.3) is 0 Å². The number of hydrogen-bond donors (Lipinski definition) is 0. The van der Waals surface area contributed by atoms with E-state index in [9.17, 15) is 0 Å². The maximum Gasteiger partial charge on any atom is -0.0395 e. The van der Waals surface area contributed by atoms with Crippen LogP contribution in [0.15, 0.2) is 103 Å². The molecule has 4 aromatic carbocycles. The van der Waals surface area contributed by atoms with E-state index in [1.54, 1.807) is 0 Å². The molecule has 0 N–H and O–H groups in total. The molecule has 5 aliphatic carbocycles. The monoisotopic (exact) mass is 831 g/mol. The fourth-order valence-corrected chi connectivity index (χ4v) is 7.59. The molecule has 2 unspecified atom stereocenters. The predicted molar refractivity (Wildman–Crippen MR) is 277 cm³/mol. The first-order chi connectivity index (χ1) is 29.1. The molecule has 0 saturated heterocycles.